The minimum atomic E-state index is -0.329. The summed E-state index contributed by atoms with van der Waals surface area (Å²) in [7, 11) is 0. The molecule has 0 atom stereocenters. The Hall–Kier alpha value is -1.36. The maximum Gasteiger partial charge on any atom is 0.233 e. The molecule has 4 nitrogen and oxygen atoms in total. The average molecular weight is 327 g/mol. The first-order chi connectivity index (χ1) is 8.67. The maximum atomic E-state index is 11.7. The zero-order valence-electron chi connectivity index (χ0n) is 11.6. The van der Waals surface area contributed by atoms with E-state index in [9.17, 15) is 9.59 Å². The third-order valence-corrected chi connectivity index (χ3v) is 3.15. The normalized spacial score (nSPS) is 11.0. The molecule has 0 fully saturated rings. The lowest BCUT2D eigenvalue weighted by atomic mass is 10.1. The van der Waals surface area contributed by atoms with Gasteiger partial charge in [-0.2, -0.15) is 0 Å². The van der Waals surface area contributed by atoms with Crippen LogP contribution in [-0.4, -0.2) is 17.4 Å². The van der Waals surface area contributed by atoms with Gasteiger partial charge in [-0.15, -0.1) is 0 Å². The minimum Gasteiger partial charge on any atom is -0.351 e. The quantitative estimate of drug-likeness (QED) is 0.839. The van der Waals surface area contributed by atoms with Crippen molar-refractivity contribution in [3.05, 3.63) is 28.2 Å². The molecule has 2 N–H and O–H groups in total. The van der Waals surface area contributed by atoms with Crippen LogP contribution in [0.4, 0.5) is 5.69 Å². The van der Waals surface area contributed by atoms with E-state index in [4.69, 9.17) is 0 Å². The highest BCUT2D eigenvalue weighted by Gasteiger charge is 2.16. The fraction of sp³-hybridized carbons (Fsp3) is 0.429. The summed E-state index contributed by atoms with van der Waals surface area (Å²) >= 11 is 3.40. The second kappa shape index (κ2) is 6.19. The number of carbonyl (C=O) groups is 2. The number of carbonyl (C=O) groups excluding carboxylic acids is 2. The fourth-order valence-electron chi connectivity index (χ4n) is 1.48. The van der Waals surface area contributed by atoms with E-state index >= 15 is 0 Å². The van der Waals surface area contributed by atoms with Crippen LogP contribution in [0.15, 0.2) is 22.7 Å². The van der Waals surface area contributed by atoms with Gasteiger partial charge in [-0.1, -0.05) is 22.0 Å². The molecule has 0 aliphatic rings. The smallest absolute Gasteiger partial charge is 0.233 e. The second-order valence-electron chi connectivity index (χ2n) is 5.49. The highest BCUT2D eigenvalue weighted by Crippen LogP contribution is 2.20. The first-order valence-corrected chi connectivity index (χ1v) is 6.84. The van der Waals surface area contributed by atoms with E-state index in [0.717, 1.165) is 10.0 Å². The first-order valence-electron chi connectivity index (χ1n) is 6.04. The first kappa shape index (κ1) is 15.7. The van der Waals surface area contributed by atoms with Crippen molar-refractivity contribution in [3.8, 4) is 0 Å². The Kier molecular flexibility index (Phi) is 5.11. The topological polar surface area (TPSA) is 58.2 Å². The average Bonchev–Trinajstić information content (AvgIpc) is 2.20. The summed E-state index contributed by atoms with van der Waals surface area (Å²) < 4.78 is 0.921. The molecular formula is C14H19BrN2O2. The molecule has 1 aromatic rings. The Bertz CT molecular complexity index is 493. The van der Waals surface area contributed by atoms with Gasteiger partial charge in [0.1, 0.15) is 6.42 Å². The van der Waals surface area contributed by atoms with E-state index in [2.05, 4.69) is 26.6 Å². The van der Waals surface area contributed by atoms with Crippen LogP contribution in [-0.2, 0) is 9.59 Å². The fourth-order valence-corrected chi connectivity index (χ4v) is 1.86. The number of aryl methyl sites for hydroxylation is 1. The van der Waals surface area contributed by atoms with Crippen LogP contribution in [0, 0.1) is 6.92 Å². The van der Waals surface area contributed by atoms with Crippen molar-refractivity contribution < 1.29 is 9.59 Å². The molecule has 0 aliphatic carbocycles. The van der Waals surface area contributed by atoms with Gasteiger partial charge in [0, 0.05) is 15.7 Å². The standard InChI is InChI=1S/C14H19BrN2O2/c1-9-5-6-10(7-11(9)15)16-12(18)8-13(19)17-14(2,3)4/h5-7H,8H2,1-4H3,(H,16,18)(H,17,19). The number of nitrogens with one attached hydrogen (secondary N) is 2. The van der Waals surface area contributed by atoms with E-state index in [1.54, 1.807) is 6.07 Å². The van der Waals surface area contributed by atoms with E-state index < -0.39 is 0 Å². The largest absolute Gasteiger partial charge is 0.351 e. The number of anilines is 1. The van der Waals surface area contributed by atoms with Crippen molar-refractivity contribution in [2.24, 2.45) is 0 Å². The number of hydrogen-bond acceptors (Lipinski definition) is 2. The number of benzene rings is 1. The van der Waals surface area contributed by atoms with Crippen molar-refractivity contribution in [2.45, 2.75) is 39.7 Å². The molecule has 0 aromatic heterocycles. The third kappa shape index (κ3) is 5.87. The lowest BCUT2D eigenvalue weighted by Gasteiger charge is -2.20. The monoisotopic (exact) mass is 326 g/mol. The predicted molar refractivity (Wildman–Crippen MR) is 80.0 cm³/mol. The zero-order valence-corrected chi connectivity index (χ0v) is 13.2. The molecule has 0 saturated heterocycles. The molecule has 5 heteroatoms. The van der Waals surface area contributed by atoms with Gasteiger partial charge in [-0.05, 0) is 45.4 Å². The zero-order chi connectivity index (χ0) is 14.6. The van der Waals surface area contributed by atoms with Crippen LogP contribution in [0.25, 0.3) is 0 Å². The summed E-state index contributed by atoms with van der Waals surface area (Å²) in [6.07, 6.45) is -0.178. The van der Waals surface area contributed by atoms with Crippen LogP contribution in [0.5, 0.6) is 0 Å². The SMILES string of the molecule is Cc1ccc(NC(=O)CC(=O)NC(C)(C)C)cc1Br. The lowest BCUT2D eigenvalue weighted by molar-refractivity contribution is -0.127. The molecule has 104 valence electrons. The van der Waals surface area contributed by atoms with Crippen molar-refractivity contribution in [3.63, 3.8) is 0 Å². The second-order valence-corrected chi connectivity index (χ2v) is 6.34. The van der Waals surface area contributed by atoms with E-state index in [1.807, 2.05) is 39.8 Å². The molecule has 0 radical (unpaired) electrons. The molecule has 0 saturated carbocycles. The number of hydrogen-bond donors (Lipinski definition) is 2. The van der Waals surface area contributed by atoms with Crippen LogP contribution < -0.4 is 10.6 Å². The van der Waals surface area contributed by atoms with Crippen molar-refractivity contribution in [2.75, 3.05) is 5.32 Å². The molecule has 0 bridgehead atoms. The third-order valence-electron chi connectivity index (χ3n) is 2.29. The van der Waals surface area contributed by atoms with Crippen LogP contribution in [0.1, 0.15) is 32.8 Å². The van der Waals surface area contributed by atoms with Gasteiger partial charge in [0.05, 0.1) is 0 Å². The van der Waals surface area contributed by atoms with Gasteiger partial charge in [-0.25, -0.2) is 0 Å². The molecule has 1 rings (SSSR count). The van der Waals surface area contributed by atoms with Crippen molar-refractivity contribution >= 4 is 33.4 Å². The Morgan fingerprint density at radius 3 is 2.37 bits per heavy atom. The Labute approximate surface area is 122 Å². The Morgan fingerprint density at radius 1 is 1.21 bits per heavy atom. The van der Waals surface area contributed by atoms with E-state index in [-0.39, 0.29) is 23.8 Å². The molecule has 0 aliphatic heterocycles. The van der Waals surface area contributed by atoms with E-state index in [1.165, 1.54) is 0 Å². The number of halogens is 1. The van der Waals surface area contributed by atoms with Gasteiger partial charge >= 0.3 is 0 Å². The van der Waals surface area contributed by atoms with Gasteiger partial charge in [0.15, 0.2) is 0 Å². The Morgan fingerprint density at radius 2 is 1.84 bits per heavy atom. The van der Waals surface area contributed by atoms with Gasteiger partial charge < -0.3 is 10.6 Å². The molecule has 0 heterocycles. The van der Waals surface area contributed by atoms with Crippen molar-refractivity contribution in [1.29, 1.82) is 0 Å². The van der Waals surface area contributed by atoms with Crippen LogP contribution in [0.3, 0.4) is 0 Å². The van der Waals surface area contributed by atoms with Gasteiger partial charge in [0.25, 0.3) is 0 Å². The molecule has 0 spiro atoms. The number of amides is 2. The summed E-state index contributed by atoms with van der Waals surface area (Å²) in [6.45, 7) is 7.59. The summed E-state index contributed by atoms with van der Waals surface area (Å²) in [4.78, 5) is 23.3. The molecular weight excluding hydrogens is 308 g/mol. The number of rotatable bonds is 3. The molecule has 2 amide bonds. The van der Waals surface area contributed by atoms with Crippen molar-refractivity contribution in [1.82, 2.24) is 5.32 Å². The van der Waals surface area contributed by atoms with E-state index in [0.29, 0.717) is 5.69 Å². The van der Waals surface area contributed by atoms with Crippen LogP contribution in [0.2, 0.25) is 0 Å². The highest BCUT2D eigenvalue weighted by atomic mass is 79.9. The summed E-state index contributed by atoms with van der Waals surface area (Å²) in [5.74, 6) is -0.603. The summed E-state index contributed by atoms with van der Waals surface area (Å²) in [5, 5.41) is 5.44. The van der Waals surface area contributed by atoms with Gasteiger partial charge in [0.2, 0.25) is 11.8 Å². The van der Waals surface area contributed by atoms with Crippen LogP contribution >= 0.6 is 15.9 Å². The summed E-state index contributed by atoms with van der Waals surface area (Å²) in [6, 6.07) is 5.52. The highest BCUT2D eigenvalue weighted by molar-refractivity contribution is 9.10. The Balaban J connectivity index is 2.56. The lowest BCUT2D eigenvalue weighted by Crippen LogP contribution is -2.41. The molecule has 19 heavy (non-hydrogen) atoms. The molecule has 0 unspecified atom stereocenters. The molecule has 1 aromatic carbocycles. The summed E-state index contributed by atoms with van der Waals surface area (Å²) in [5.41, 5.74) is 1.43. The maximum absolute atomic E-state index is 11.7. The van der Waals surface area contributed by atoms with Gasteiger partial charge in [-0.3, -0.25) is 9.59 Å². The predicted octanol–water partition coefficient (Wildman–Crippen LogP) is 3.00. The minimum absolute atomic E-state index is 0.178.